The van der Waals surface area contributed by atoms with Gasteiger partial charge in [0.1, 0.15) is 11.5 Å². The van der Waals surface area contributed by atoms with E-state index in [1.807, 2.05) is 0 Å². The van der Waals surface area contributed by atoms with Gasteiger partial charge in [-0.1, -0.05) is 0 Å². The Morgan fingerprint density at radius 3 is 2.73 bits per heavy atom. The smallest absolute Gasteiger partial charge is 0.354 e. The third-order valence-electron chi connectivity index (χ3n) is 6.00. The van der Waals surface area contributed by atoms with Gasteiger partial charge in [-0.15, -0.1) is 0 Å². The molecule has 1 amide bonds. The van der Waals surface area contributed by atoms with E-state index in [-0.39, 0.29) is 24.5 Å². The maximum Gasteiger partial charge on any atom is 0.354 e. The molecule has 0 aliphatic carbocycles. The Kier molecular flexibility index (Phi) is 7.05. The highest BCUT2D eigenvalue weighted by Gasteiger charge is 2.12. The zero-order valence-corrected chi connectivity index (χ0v) is 21.2. The van der Waals surface area contributed by atoms with Gasteiger partial charge in [-0.05, 0) is 30.3 Å². The summed E-state index contributed by atoms with van der Waals surface area (Å²) in [4.78, 5) is 49.3. The van der Waals surface area contributed by atoms with Crippen molar-refractivity contribution in [1.29, 1.82) is 5.41 Å². The van der Waals surface area contributed by atoms with Crippen LogP contribution >= 0.6 is 0 Å². The van der Waals surface area contributed by atoms with Crippen molar-refractivity contribution in [2.75, 3.05) is 12.8 Å². The molecule has 40 heavy (non-hydrogen) atoms. The third-order valence-corrected chi connectivity index (χ3v) is 6.00. The zero-order chi connectivity index (χ0) is 28.2. The number of pyridine rings is 2. The molecule has 0 aliphatic rings. The fourth-order valence-corrected chi connectivity index (χ4v) is 4.00. The summed E-state index contributed by atoms with van der Waals surface area (Å²) in [7, 11) is 1.32. The second-order valence-corrected chi connectivity index (χ2v) is 8.59. The van der Waals surface area contributed by atoms with Crippen LogP contribution in [-0.2, 0) is 22.6 Å². The molecule has 0 saturated carbocycles. The number of imidazole rings is 2. The Morgan fingerprint density at radius 2 is 1.95 bits per heavy atom. The van der Waals surface area contributed by atoms with E-state index >= 15 is 0 Å². The monoisotopic (exact) mass is 540 g/mol. The Morgan fingerprint density at radius 1 is 1.10 bits per heavy atom. The number of carbonyl (C=O) groups is 2. The maximum atomic E-state index is 12.7. The number of ether oxygens (including phenoxy) is 1. The van der Waals surface area contributed by atoms with Gasteiger partial charge >= 0.3 is 11.7 Å². The van der Waals surface area contributed by atoms with Gasteiger partial charge in [-0.2, -0.15) is 4.98 Å². The number of rotatable bonds is 9. The number of nitrogens with one attached hydrogen (secondary N) is 3. The van der Waals surface area contributed by atoms with E-state index in [9.17, 15) is 14.4 Å². The molecule has 0 fully saturated rings. The average molecular weight is 541 g/mol. The zero-order valence-electron chi connectivity index (χ0n) is 21.2. The molecule has 0 saturated heterocycles. The summed E-state index contributed by atoms with van der Waals surface area (Å²) < 4.78 is 9.56. The van der Waals surface area contributed by atoms with E-state index in [2.05, 4.69) is 25.6 Å². The summed E-state index contributed by atoms with van der Waals surface area (Å²) in [5.41, 5.74) is 8.69. The first kappa shape index (κ1) is 25.8. The summed E-state index contributed by atoms with van der Waals surface area (Å²) in [5, 5.41) is 13.4. The molecule has 0 radical (unpaired) electrons. The maximum absolute atomic E-state index is 12.7. The van der Waals surface area contributed by atoms with Crippen LogP contribution in [0.5, 0.6) is 0 Å². The third kappa shape index (κ3) is 5.26. The van der Waals surface area contributed by atoms with E-state index < -0.39 is 17.6 Å². The lowest BCUT2D eigenvalue weighted by Crippen LogP contribution is -2.26. The van der Waals surface area contributed by atoms with Crippen molar-refractivity contribution >= 4 is 35.1 Å². The van der Waals surface area contributed by atoms with E-state index in [0.29, 0.717) is 33.8 Å². The quantitative estimate of drug-likeness (QED) is 0.119. The first-order chi connectivity index (χ1) is 19.4. The van der Waals surface area contributed by atoms with Gasteiger partial charge in [-0.3, -0.25) is 9.36 Å². The largest absolute Gasteiger partial charge is 0.465 e. The summed E-state index contributed by atoms with van der Waals surface area (Å²) in [6.07, 6.45) is 10.6. The highest BCUT2D eigenvalue weighted by atomic mass is 16.5. The predicted octanol–water partition coefficient (Wildman–Crippen LogP) is 0.836. The summed E-state index contributed by atoms with van der Waals surface area (Å²) in [5.74, 6) is -0.790. The van der Waals surface area contributed by atoms with Gasteiger partial charge < -0.3 is 35.3 Å². The average Bonchev–Trinajstić information content (AvgIpc) is 3.56. The van der Waals surface area contributed by atoms with Crippen molar-refractivity contribution in [3.63, 3.8) is 0 Å². The molecule has 5 aromatic heterocycles. The van der Waals surface area contributed by atoms with Crippen molar-refractivity contribution in [2.24, 2.45) is 0 Å². The van der Waals surface area contributed by atoms with E-state index in [1.54, 1.807) is 58.0 Å². The molecule has 5 N–H and O–H groups in total. The number of amides is 1. The highest BCUT2D eigenvalue weighted by Crippen LogP contribution is 2.15. The van der Waals surface area contributed by atoms with Gasteiger partial charge in [0, 0.05) is 37.2 Å². The van der Waals surface area contributed by atoms with Crippen molar-refractivity contribution in [3.05, 3.63) is 101 Å². The van der Waals surface area contributed by atoms with Crippen molar-refractivity contribution in [3.8, 4) is 5.69 Å². The first-order valence-corrected chi connectivity index (χ1v) is 12.0. The van der Waals surface area contributed by atoms with Crippen LogP contribution in [-0.4, -0.2) is 53.5 Å². The summed E-state index contributed by atoms with van der Waals surface area (Å²) in [6, 6.07) is 8.35. The Balaban J connectivity index is 1.24. The molecule has 0 aromatic carbocycles. The van der Waals surface area contributed by atoms with Gasteiger partial charge in [0.2, 0.25) is 0 Å². The van der Waals surface area contributed by atoms with Crippen molar-refractivity contribution in [1.82, 2.24) is 39.0 Å². The second kappa shape index (κ2) is 10.9. The molecular weight excluding hydrogens is 516 g/mol. The molecule has 0 aliphatic heterocycles. The van der Waals surface area contributed by atoms with Gasteiger partial charge in [0.05, 0.1) is 60.3 Å². The summed E-state index contributed by atoms with van der Waals surface area (Å²) in [6.45, 7) is 0.376. The lowest BCUT2D eigenvalue weighted by atomic mass is 10.2. The molecule has 14 heteroatoms. The lowest BCUT2D eigenvalue weighted by molar-refractivity contribution is -0.117. The van der Waals surface area contributed by atoms with Crippen LogP contribution in [0, 0.1) is 5.41 Å². The van der Waals surface area contributed by atoms with Crippen molar-refractivity contribution in [2.45, 2.75) is 13.1 Å². The molecule has 0 bridgehead atoms. The van der Waals surface area contributed by atoms with Crippen LogP contribution in [0.25, 0.3) is 16.9 Å². The number of carbonyl (C=O) groups excluding carboxylic acids is 2. The number of fused-ring (bicyclic) bond motifs is 2. The van der Waals surface area contributed by atoms with Crippen molar-refractivity contribution < 1.29 is 14.3 Å². The number of esters is 1. The molecule has 0 unspecified atom stereocenters. The molecule has 14 nitrogen and oxygen atoms in total. The minimum atomic E-state index is -0.512. The molecule has 5 aromatic rings. The van der Waals surface area contributed by atoms with E-state index in [4.69, 9.17) is 15.9 Å². The molecular formula is C26H24N10O4. The fraction of sp³-hybridized carbons (Fsp3) is 0.115. The topological polar surface area (TPSA) is 187 Å². The molecule has 5 rings (SSSR count). The second-order valence-electron chi connectivity index (χ2n) is 8.59. The van der Waals surface area contributed by atoms with E-state index in [0.717, 1.165) is 6.21 Å². The van der Waals surface area contributed by atoms with Crippen LogP contribution in [0.4, 0.5) is 5.82 Å². The van der Waals surface area contributed by atoms with Crippen LogP contribution in [0.15, 0.2) is 78.0 Å². The standard InChI is InChI=1S/C26H24N10O4/c1-40-25(38)16-2-3-23-32-18(14-35(23)13-16)11-29-10-17(9-27)24(37)30-12-20-21-8-19(4-6-34(21)15-31-20)36-7-5-22(28)33-26(36)39/h2-10,13-15,27,29H,11-12H2,1H3,(H,30,37)(H2,28,33,39)/b17-10+,27-9?. The SMILES string of the molecule is COC(=O)c1ccc2nc(CN/C=C(\C=N)C(=O)NCc3ncn4ccc(-n5ccc(N)nc5=O)cc34)cn2c1. The first-order valence-electron chi connectivity index (χ1n) is 12.0. The van der Waals surface area contributed by atoms with Gasteiger partial charge in [-0.25, -0.2) is 19.6 Å². The molecule has 0 atom stereocenters. The number of methoxy groups -OCH3 is 1. The molecule has 5 heterocycles. The van der Waals surface area contributed by atoms with Crippen LogP contribution in [0.3, 0.4) is 0 Å². The van der Waals surface area contributed by atoms with Crippen LogP contribution in [0.2, 0.25) is 0 Å². The number of nitrogens with zero attached hydrogens (tertiary/aromatic N) is 6. The van der Waals surface area contributed by atoms with E-state index in [1.165, 1.54) is 30.1 Å². The normalized spacial score (nSPS) is 11.5. The number of hydrogen-bond acceptors (Lipinski definition) is 10. The Hall–Kier alpha value is -5.79. The van der Waals surface area contributed by atoms with Gasteiger partial charge in [0.15, 0.2) is 0 Å². The predicted molar refractivity (Wildman–Crippen MR) is 145 cm³/mol. The number of nitrogen functional groups attached to an aromatic ring is 1. The van der Waals surface area contributed by atoms with Crippen LogP contribution in [0.1, 0.15) is 21.7 Å². The minimum absolute atomic E-state index is 0.0911. The highest BCUT2D eigenvalue weighted by molar-refractivity contribution is 6.11. The molecule has 0 spiro atoms. The molecule has 202 valence electrons. The number of aromatic nitrogens is 6. The summed E-state index contributed by atoms with van der Waals surface area (Å²) >= 11 is 0. The lowest BCUT2D eigenvalue weighted by Gasteiger charge is -2.08. The fourth-order valence-electron chi connectivity index (χ4n) is 4.00. The van der Waals surface area contributed by atoms with Gasteiger partial charge in [0.25, 0.3) is 5.91 Å². The Labute approximate surface area is 226 Å². The number of nitrogens with two attached hydrogens (primary N) is 1. The van der Waals surface area contributed by atoms with Crippen LogP contribution < -0.4 is 22.1 Å². The Bertz CT molecular complexity index is 1850. The minimum Gasteiger partial charge on any atom is -0.465 e. The number of hydrogen-bond donors (Lipinski definition) is 4. The number of anilines is 1.